The van der Waals surface area contributed by atoms with E-state index in [-0.39, 0.29) is 11.3 Å². The largest absolute Gasteiger partial charge is 0.507 e. The molecule has 7 nitrogen and oxygen atoms in total. The summed E-state index contributed by atoms with van der Waals surface area (Å²) >= 11 is 1.46. The van der Waals surface area contributed by atoms with E-state index in [1.165, 1.54) is 17.5 Å². The first-order valence-electron chi connectivity index (χ1n) is 9.97. The zero-order valence-corrected chi connectivity index (χ0v) is 18.5. The molecule has 1 saturated heterocycles. The number of hydrogen-bond acceptors (Lipinski definition) is 6. The number of thiophene rings is 1. The maximum absolute atomic E-state index is 13.0. The number of aliphatic hydroxyl groups excluding tert-OH is 1. The van der Waals surface area contributed by atoms with Gasteiger partial charge in [-0.2, -0.15) is 5.10 Å². The lowest BCUT2D eigenvalue weighted by Crippen LogP contribution is -2.35. The van der Waals surface area contributed by atoms with Gasteiger partial charge in [-0.3, -0.25) is 9.59 Å². The molecule has 0 saturated carbocycles. The second-order valence-electron chi connectivity index (χ2n) is 7.70. The molecule has 2 aromatic heterocycles. The number of carbonyl (C=O) groups excluding carboxylic acids is 2. The summed E-state index contributed by atoms with van der Waals surface area (Å²) in [4.78, 5) is 30.3. The van der Waals surface area contributed by atoms with Gasteiger partial charge in [-0.25, -0.2) is 4.68 Å². The van der Waals surface area contributed by atoms with Crippen LogP contribution in [-0.2, 0) is 9.59 Å². The molecule has 160 valence electrons. The summed E-state index contributed by atoms with van der Waals surface area (Å²) < 4.78 is 1.71. The van der Waals surface area contributed by atoms with Gasteiger partial charge >= 0.3 is 0 Å². The zero-order chi connectivity index (χ0) is 22.1. The van der Waals surface area contributed by atoms with Gasteiger partial charge in [0.25, 0.3) is 11.7 Å². The highest BCUT2D eigenvalue weighted by Crippen LogP contribution is 2.41. The smallest absolute Gasteiger partial charge is 0.295 e. The number of benzene rings is 1. The van der Waals surface area contributed by atoms with Gasteiger partial charge in [0.15, 0.2) is 0 Å². The standard InChI is InChI=1S/C23H24N4O3S/c1-15-17(14-24-27(15)16-8-5-4-6-9-16)21(28)19-20(18-10-7-13-31-18)26(12-11-25(2)3)23(30)22(19)29/h4-10,13-14,20,28H,11-12H2,1-3H3/b21-19-. The maximum Gasteiger partial charge on any atom is 0.295 e. The predicted octanol–water partition coefficient (Wildman–Crippen LogP) is 3.23. The van der Waals surface area contributed by atoms with Crippen LogP contribution in [0.2, 0.25) is 0 Å². The molecule has 1 aromatic carbocycles. The van der Waals surface area contributed by atoms with Gasteiger partial charge in [0.05, 0.1) is 34.8 Å². The first-order valence-corrected chi connectivity index (χ1v) is 10.8. The van der Waals surface area contributed by atoms with E-state index in [4.69, 9.17) is 0 Å². The van der Waals surface area contributed by atoms with Crippen LogP contribution in [0.1, 0.15) is 22.2 Å². The topological polar surface area (TPSA) is 78.7 Å². The fraction of sp³-hybridized carbons (Fsp3) is 0.261. The highest BCUT2D eigenvalue weighted by molar-refractivity contribution is 7.10. The molecule has 0 spiro atoms. The van der Waals surface area contributed by atoms with E-state index in [0.29, 0.717) is 24.3 Å². The molecule has 1 aliphatic rings. The van der Waals surface area contributed by atoms with Crippen LogP contribution in [0, 0.1) is 6.92 Å². The molecular weight excluding hydrogens is 412 g/mol. The summed E-state index contributed by atoms with van der Waals surface area (Å²) in [7, 11) is 3.83. The lowest BCUT2D eigenvalue weighted by atomic mass is 10.00. The van der Waals surface area contributed by atoms with Crippen molar-refractivity contribution in [3.05, 3.63) is 75.7 Å². The van der Waals surface area contributed by atoms with E-state index in [1.807, 2.05) is 73.8 Å². The average Bonchev–Trinajstić information content (AvgIpc) is 3.47. The molecule has 4 rings (SSSR count). The molecule has 1 atom stereocenters. The zero-order valence-electron chi connectivity index (χ0n) is 17.6. The Morgan fingerprint density at radius 1 is 1.16 bits per heavy atom. The molecule has 1 unspecified atom stereocenters. The van der Waals surface area contributed by atoms with Crippen LogP contribution >= 0.6 is 11.3 Å². The van der Waals surface area contributed by atoms with Gasteiger partial charge in [-0.15, -0.1) is 11.3 Å². The number of rotatable bonds is 6. The van der Waals surface area contributed by atoms with E-state index in [1.54, 1.807) is 9.58 Å². The number of hydrogen-bond donors (Lipinski definition) is 1. The molecule has 1 fully saturated rings. The van der Waals surface area contributed by atoms with Crippen LogP contribution in [0.15, 0.2) is 59.6 Å². The van der Waals surface area contributed by atoms with Crippen molar-refractivity contribution in [2.75, 3.05) is 27.2 Å². The van der Waals surface area contributed by atoms with E-state index >= 15 is 0 Å². The van der Waals surface area contributed by atoms with Gasteiger partial charge in [0.2, 0.25) is 0 Å². The third-order valence-electron chi connectivity index (χ3n) is 5.41. The molecule has 8 heteroatoms. The SMILES string of the molecule is Cc1c(/C(O)=C2/C(=O)C(=O)N(CCN(C)C)C2c2cccs2)cnn1-c1ccccc1. The van der Waals surface area contributed by atoms with E-state index in [9.17, 15) is 14.7 Å². The van der Waals surface area contributed by atoms with Crippen molar-refractivity contribution in [3.8, 4) is 5.69 Å². The third-order valence-corrected chi connectivity index (χ3v) is 6.33. The van der Waals surface area contributed by atoms with E-state index < -0.39 is 17.7 Å². The molecular formula is C23H24N4O3S. The Morgan fingerprint density at radius 2 is 1.90 bits per heavy atom. The van der Waals surface area contributed by atoms with Gasteiger partial charge in [-0.05, 0) is 44.6 Å². The van der Waals surface area contributed by atoms with Crippen molar-refractivity contribution < 1.29 is 14.7 Å². The van der Waals surface area contributed by atoms with E-state index in [0.717, 1.165) is 10.6 Å². The normalized spacial score (nSPS) is 18.3. The molecule has 3 heterocycles. The van der Waals surface area contributed by atoms with Crippen LogP contribution in [-0.4, -0.2) is 63.6 Å². The van der Waals surface area contributed by atoms with Gasteiger partial charge < -0.3 is 14.9 Å². The highest BCUT2D eigenvalue weighted by atomic mass is 32.1. The lowest BCUT2D eigenvalue weighted by molar-refractivity contribution is -0.140. The van der Waals surface area contributed by atoms with Crippen LogP contribution in [0.25, 0.3) is 11.4 Å². The second kappa shape index (κ2) is 8.49. The summed E-state index contributed by atoms with van der Waals surface area (Å²) in [6, 6.07) is 12.7. The molecule has 3 aromatic rings. The molecule has 1 aliphatic heterocycles. The molecule has 0 bridgehead atoms. The number of para-hydroxylation sites is 1. The Hall–Kier alpha value is -3.23. The van der Waals surface area contributed by atoms with Crippen LogP contribution in [0.5, 0.6) is 0 Å². The number of likely N-dealkylation sites (tertiary alicyclic amines) is 1. The number of ketones is 1. The van der Waals surface area contributed by atoms with Crippen molar-refractivity contribution >= 4 is 28.8 Å². The summed E-state index contributed by atoms with van der Waals surface area (Å²) in [5.74, 6) is -1.44. The minimum absolute atomic E-state index is 0.113. The fourth-order valence-corrected chi connectivity index (χ4v) is 4.62. The van der Waals surface area contributed by atoms with Crippen molar-refractivity contribution in [2.24, 2.45) is 0 Å². The summed E-state index contributed by atoms with van der Waals surface area (Å²) in [6.07, 6.45) is 1.54. The van der Waals surface area contributed by atoms with Crippen molar-refractivity contribution in [1.29, 1.82) is 0 Å². The minimum Gasteiger partial charge on any atom is -0.507 e. The van der Waals surface area contributed by atoms with Crippen molar-refractivity contribution in [3.63, 3.8) is 0 Å². The number of nitrogens with zero attached hydrogens (tertiary/aromatic N) is 4. The summed E-state index contributed by atoms with van der Waals surface area (Å²) in [5.41, 5.74) is 2.09. The van der Waals surface area contributed by atoms with E-state index in [2.05, 4.69) is 5.10 Å². The monoisotopic (exact) mass is 436 g/mol. The Kier molecular flexibility index (Phi) is 5.75. The number of aromatic nitrogens is 2. The Balaban J connectivity index is 1.81. The van der Waals surface area contributed by atoms with Crippen molar-refractivity contribution in [2.45, 2.75) is 13.0 Å². The number of aliphatic hydroxyl groups is 1. The molecule has 0 radical (unpaired) electrons. The molecule has 1 N–H and O–H groups in total. The maximum atomic E-state index is 13.0. The molecule has 0 aliphatic carbocycles. The molecule has 1 amide bonds. The Bertz CT molecular complexity index is 1130. The molecule has 31 heavy (non-hydrogen) atoms. The van der Waals surface area contributed by atoms with Crippen LogP contribution in [0.3, 0.4) is 0 Å². The highest BCUT2D eigenvalue weighted by Gasteiger charge is 2.46. The van der Waals surface area contributed by atoms with Gasteiger partial charge in [0, 0.05) is 18.0 Å². The number of amides is 1. The van der Waals surface area contributed by atoms with Crippen molar-refractivity contribution in [1.82, 2.24) is 19.6 Å². The Labute approximate surface area is 184 Å². The third kappa shape index (κ3) is 3.80. The fourth-order valence-electron chi connectivity index (χ4n) is 3.78. The Morgan fingerprint density at radius 3 is 2.55 bits per heavy atom. The number of carbonyl (C=O) groups is 2. The average molecular weight is 437 g/mol. The van der Waals surface area contributed by atoms with Gasteiger partial charge in [0.1, 0.15) is 5.76 Å². The number of Topliss-reactive ketones (excluding diaryl/α,β-unsaturated/α-hetero) is 1. The number of likely N-dealkylation sites (N-methyl/N-ethyl adjacent to an activating group) is 1. The predicted molar refractivity (Wildman–Crippen MR) is 120 cm³/mol. The van der Waals surface area contributed by atoms with Gasteiger partial charge in [-0.1, -0.05) is 24.3 Å². The minimum atomic E-state index is -0.665. The van der Waals surface area contributed by atoms with Crippen LogP contribution < -0.4 is 0 Å². The first-order chi connectivity index (χ1) is 14.9. The first kappa shape index (κ1) is 21.0. The quantitative estimate of drug-likeness (QED) is 0.365. The summed E-state index contributed by atoms with van der Waals surface area (Å²) in [6.45, 7) is 2.83. The second-order valence-corrected chi connectivity index (χ2v) is 8.68. The lowest BCUT2D eigenvalue weighted by Gasteiger charge is -2.25. The summed E-state index contributed by atoms with van der Waals surface area (Å²) in [5, 5.41) is 17.5. The van der Waals surface area contributed by atoms with Crippen LogP contribution in [0.4, 0.5) is 0 Å².